The molecule has 2 aromatic carbocycles. The fourth-order valence-corrected chi connectivity index (χ4v) is 3.64. The standard InChI is InChI=1S/C20H16N2O2S/c1-12-16-6-5-14(19-22-7-8-25-19)11-18(16)24-20(23)17(12)10-13-3-2-4-15(21)9-13/h2-9,11H,10,21H2,1H3. The number of rotatable bonds is 3. The highest BCUT2D eigenvalue weighted by Crippen LogP contribution is 2.28. The zero-order valence-electron chi connectivity index (χ0n) is 13.7. The van der Waals surface area contributed by atoms with E-state index in [2.05, 4.69) is 4.98 Å². The first-order valence-corrected chi connectivity index (χ1v) is 8.80. The van der Waals surface area contributed by atoms with Gasteiger partial charge in [0, 0.05) is 40.2 Å². The summed E-state index contributed by atoms with van der Waals surface area (Å²) >= 11 is 1.56. The minimum absolute atomic E-state index is 0.302. The molecule has 0 fully saturated rings. The molecule has 5 heteroatoms. The molecule has 4 aromatic rings. The molecule has 124 valence electrons. The Morgan fingerprint density at radius 1 is 1.20 bits per heavy atom. The molecule has 0 bridgehead atoms. The summed E-state index contributed by atoms with van der Waals surface area (Å²) in [5, 5.41) is 3.78. The molecule has 25 heavy (non-hydrogen) atoms. The topological polar surface area (TPSA) is 69.1 Å². The molecule has 2 aromatic heterocycles. The number of anilines is 1. The van der Waals surface area contributed by atoms with Gasteiger partial charge in [-0.15, -0.1) is 11.3 Å². The van der Waals surface area contributed by atoms with Gasteiger partial charge in [0.1, 0.15) is 10.6 Å². The quantitative estimate of drug-likeness (QED) is 0.440. The van der Waals surface area contributed by atoms with Gasteiger partial charge in [0.15, 0.2) is 0 Å². The van der Waals surface area contributed by atoms with E-state index in [1.807, 2.05) is 54.8 Å². The minimum atomic E-state index is -0.302. The molecule has 0 spiro atoms. The summed E-state index contributed by atoms with van der Waals surface area (Å²) in [6.45, 7) is 1.96. The number of hydrogen-bond acceptors (Lipinski definition) is 5. The van der Waals surface area contributed by atoms with Crippen LogP contribution < -0.4 is 11.4 Å². The SMILES string of the molecule is Cc1c(Cc2cccc(N)c2)c(=O)oc2cc(-c3nccs3)ccc12. The van der Waals surface area contributed by atoms with Crippen LogP contribution >= 0.6 is 11.3 Å². The molecule has 0 aliphatic carbocycles. The van der Waals surface area contributed by atoms with Crippen molar-refractivity contribution >= 4 is 28.0 Å². The maximum Gasteiger partial charge on any atom is 0.340 e. The minimum Gasteiger partial charge on any atom is -0.422 e. The predicted octanol–water partition coefficient (Wildman–Crippen LogP) is 4.40. The largest absolute Gasteiger partial charge is 0.422 e. The van der Waals surface area contributed by atoms with Gasteiger partial charge >= 0.3 is 5.63 Å². The molecule has 4 rings (SSSR count). The average Bonchev–Trinajstić information content (AvgIpc) is 3.13. The van der Waals surface area contributed by atoms with Crippen molar-refractivity contribution in [1.29, 1.82) is 0 Å². The number of nitrogens with two attached hydrogens (primary N) is 1. The molecule has 2 N–H and O–H groups in total. The van der Waals surface area contributed by atoms with Crippen LogP contribution in [0.15, 0.2) is 63.3 Å². The summed E-state index contributed by atoms with van der Waals surface area (Å²) in [5.41, 5.74) is 10.4. The van der Waals surface area contributed by atoms with E-state index >= 15 is 0 Å². The Kier molecular flexibility index (Phi) is 3.86. The maximum absolute atomic E-state index is 12.5. The van der Waals surface area contributed by atoms with Crippen molar-refractivity contribution in [2.75, 3.05) is 5.73 Å². The molecule has 0 aliphatic heterocycles. The molecule has 0 amide bonds. The molecule has 2 heterocycles. The fourth-order valence-electron chi connectivity index (χ4n) is 3.00. The van der Waals surface area contributed by atoms with Crippen molar-refractivity contribution in [2.24, 2.45) is 0 Å². The van der Waals surface area contributed by atoms with Crippen LogP contribution in [0.4, 0.5) is 5.69 Å². The Hall–Kier alpha value is -2.92. The van der Waals surface area contributed by atoms with Crippen molar-refractivity contribution < 1.29 is 4.42 Å². The van der Waals surface area contributed by atoms with Crippen LogP contribution in [0.1, 0.15) is 16.7 Å². The maximum atomic E-state index is 12.5. The highest BCUT2D eigenvalue weighted by Gasteiger charge is 2.13. The molecule has 0 atom stereocenters. The highest BCUT2D eigenvalue weighted by molar-refractivity contribution is 7.13. The Bertz CT molecular complexity index is 1110. The van der Waals surface area contributed by atoms with Crippen molar-refractivity contribution in [3.05, 3.63) is 81.2 Å². The van der Waals surface area contributed by atoms with Gasteiger partial charge in [-0.2, -0.15) is 0 Å². The van der Waals surface area contributed by atoms with E-state index in [1.54, 1.807) is 17.5 Å². The van der Waals surface area contributed by atoms with E-state index in [9.17, 15) is 4.79 Å². The Balaban J connectivity index is 1.82. The van der Waals surface area contributed by atoms with Gasteiger partial charge in [0.05, 0.1) is 0 Å². The van der Waals surface area contributed by atoms with Crippen LogP contribution in [-0.2, 0) is 6.42 Å². The zero-order valence-corrected chi connectivity index (χ0v) is 14.5. The van der Waals surface area contributed by atoms with Gasteiger partial charge in [-0.3, -0.25) is 0 Å². The fraction of sp³-hybridized carbons (Fsp3) is 0.100. The lowest BCUT2D eigenvalue weighted by atomic mass is 9.99. The van der Waals surface area contributed by atoms with E-state index in [0.29, 0.717) is 23.3 Å². The van der Waals surface area contributed by atoms with Crippen molar-refractivity contribution in [2.45, 2.75) is 13.3 Å². The first-order valence-electron chi connectivity index (χ1n) is 7.92. The number of fused-ring (bicyclic) bond motifs is 1. The molecule has 4 nitrogen and oxygen atoms in total. The monoisotopic (exact) mass is 348 g/mol. The van der Waals surface area contributed by atoms with Gasteiger partial charge in [-0.25, -0.2) is 9.78 Å². The molecule has 0 saturated heterocycles. The van der Waals surface area contributed by atoms with Gasteiger partial charge in [-0.1, -0.05) is 24.3 Å². The number of thiazole rings is 1. The molecular formula is C20H16N2O2S. The predicted molar refractivity (Wildman–Crippen MR) is 102 cm³/mol. The summed E-state index contributed by atoms with van der Waals surface area (Å²) in [4.78, 5) is 16.8. The Morgan fingerprint density at radius 3 is 2.84 bits per heavy atom. The van der Waals surface area contributed by atoms with Crippen LogP contribution in [0, 0.1) is 6.92 Å². The van der Waals surface area contributed by atoms with Gasteiger partial charge in [-0.05, 0) is 36.2 Å². The third kappa shape index (κ3) is 2.94. The molecule has 0 saturated carbocycles. The summed E-state index contributed by atoms with van der Waals surface area (Å²) in [5.74, 6) is 0. The van der Waals surface area contributed by atoms with E-state index < -0.39 is 0 Å². The summed E-state index contributed by atoms with van der Waals surface area (Å²) in [6, 6.07) is 13.5. The van der Waals surface area contributed by atoms with E-state index in [1.165, 1.54) is 0 Å². The van der Waals surface area contributed by atoms with Crippen LogP contribution in [0.25, 0.3) is 21.5 Å². The first kappa shape index (κ1) is 15.6. The van der Waals surface area contributed by atoms with Crippen molar-refractivity contribution in [1.82, 2.24) is 4.98 Å². The van der Waals surface area contributed by atoms with Gasteiger partial charge < -0.3 is 10.2 Å². The van der Waals surface area contributed by atoms with Crippen LogP contribution in [0.3, 0.4) is 0 Å². The number of nitrogen functional groups attached to an aromatic ring is 1. The van der Waals surface area contributed by atoms with Gasteiger partial charge in [0.2, 0.25) is 0 Å². The van der Waals surface area contributed by atoms with E-state index in [4.69, 9.17) is 10.2 Å². The third-order valence-corrected chi connectivity index (χ3v) is 5.12. The first-order chi connectivity index (χ1) is 12.1. The normalized spacial score (nSPS) is 11.1. The molecule has 0 radical (unpaired) electrons. The molecule has 0 unspecified atom stereocenters. The van der Waals surface area contributed by atoms with Crippen molar-refractivity contribution in [3.63, 3.8) is 0 Å². The second-order valence-electron chi connectivity index (χ2n) is 5.96. The second kappa shape index (κ2) is 6.18. The van der Waals surface area contributed by atoms with Crippen LogP contribution in [0.5, 0.6) is 0 Å². The number of aromatic nitrogens is 1. The Labute approximate surface area is 148 Å². The summed E-state index contributed by atoms with van der Waals surface area (Å²) < 4.78 is 5.60. The number of aryl methyl sites for hydroxylation is 1. The lowest BCUT2D eigenvalue weighted by Gasteiger charge is -2.09. The smallest absolute Gasteiger partial charge is 0.340 e. The van der Waals surface area contributed by atoms with Gasteiger partial charge in [0.25, 0.3) is 0 Å². The second-order valence-corrected chi connectivity index (χ2v) is 6.86. The van der Waals surface area contributed by atoms with Crippen molar-refractivity contribution in [3.8, 4) is 10.6 Å². The van der Waals surface area contributed by atoms with E-state index in [0.717, 1.165) is 27.1 Å². The summed E-state index contributed by atoms with van der Waals surface area (Å²) in [6.07, 6.45) is 2.27. The van der Waals surface area contributed by atoms with Crippen LogP contribution in [-0.4, -0.2) is 4.98 Å². The third-order valence-electron chi connectivity index (χ3n) is 4.30. The Morgan fingerprint density at radius 2 is 2.08 bits per heavy atom. The van der Waals surface area contributed by atoms with Crippen LogP contribution in [0.2, 0.25) is 0 Å². The highest BCUT2D eigenvalue weighted by atomic mass is 32.1. The summed E-state index contributed by atoms with van der Waals surface area (Å²) in [7, 11) is 0. The van der Waals surface area contributed by atoms with E-state index in [-0.39, 0.29) is 5.63 Å². The number of hydrogen-bond donors (Lipinski definition) is 1. The number of nitrogens with zero attached hydrogens (tertiary/aromatic N) is 1. The zero-order chi connectivity index (χ0) is 17.4. The lowest BCUT2D eigenvalue weighted by molar-refractivity contribution is 0.551. The lowest BCUT2D eigenvalue weighted by Crippen LogP contribution is -2.11. The molecular weight excluding hydrogens is 332 g/mol. The average molecular weight is 348 g/mol. The number of benzene rings is 2. The molecule has 0 aliphatic rings.